The number of aliphatic hydroxyl groups excluding tert-OH is 1. The van der Waals surface area contributed by atoms with Crippen molar-refractivity contribution < 1.29 is 5.11 Å². The van der Waals surface area contributed by atoms with Gasteiger partial charge in [0.1, 0.15) is 6.10 Å². The lowest BCUT2D eigenvalue weighted by Gasteiger charge is -2.10. The van der Waals surface area contributed by atoms with Crippen LogP contribution in [-0.2, 0) is 6.42 Å². The molecule has 82 valence electrons. The molecule has 0 saturated heterocycles. The molecule has 0 aliphatic rings. The molecule has 0 aliphatic carbocycles. The van der Waals surface area contributed by atoms with Gasteiger partial charge in [0, 0.05) is 6.20 Å². The minimum absolute atomic E-state index is 0.632. The van der Waals surface area contributed by atoms with Crippen molar-refractivity contribution in [3.05, 3.63) is 65.5 Å². The Morgan fingerprint density at radius 2 is 1.88 bits per heavy atom. The van der Waals surface area contributed by atoms with Gasteiger partial charge in [-0.25, -0.2) is 0 Å². The van der Waals surface area contributed by atoms with E-state index in [1.165, 1.54) is 5.56 Å². The summed E-state index contributed by atoms with van der Waals surface area (Å²) in [6, 6.07) is 13.6. The fourth-order valence-corrected chi connectivity index (χ4v) is 1.64. The molecule has 0 saturated carbocycles. The molecule has 2 nitrogen and oxygen atoms in total. The molecule has 0 fully saturated rings. The predicted octanol–water partition coefficient (Wildman–Crippen LogP) is 2.73. The fourth-order valence-electron chi connectivity index (χ4n) is 1.64. The molecule has 0 amide bonds. The summed E-state index contributed by atoms with van der Waals surface area (Å²) in [7, 11) is 0. The number of pyridine rings is 1. The van der Waals surface area contributed by atoms with E-state index in [9.17, 15) is 5.11 Å². The van der Waals surface area contributed by atoms with Gasteiger partial charge in [0.25, 0.3) is 0 Å². The maximum absolute atomic E-state index is 10.1. The van der Waals surface area contributed by atoms with E-state index in [4.69, 9.17) is 0 Å². The summed E-state index contributed by atoms with van der Waals surface area (Å²) in [6.07, 6.45) is 2.07. The van der Waals surface area contributed by atoms with Gasteiger partial charge in [-0.1, -0.05) is 37.3 Å². The Morgan fingerprint density at radius 3 is 2.44 bits per heavy atom. The second kappa shape index (κ2) is 4.90. The van der Waals surface area contributed by atoms with E-state index in [1.54, 1.807) is 6.20 Å². The molecule has 1 atom stereocenters. The summed E-state index contributed by atoms with van der Waals surface area (Å²) in [5.74, 6) is 0. The molecule has 0 bridgehead atoms. The van der Waals surface area contributed by atoms with Crippen LogP contribution in [0.25, 0.3) is 0 Å². The first-order valence-corrected chi connectivity index (χ1v) is 5.49. The molecule has 2 heteroatoms. The highest BCUT2D eigenvalue weighted by molar-refractivity contribution is 5.28. The second-order valence-electron chi connectivity index (χ2n) is 3.75. The number of aryl methyl sites for hydroxylation is 1. The van der Waals surface area contributed by atoms with E-state index in [-0.39, 0.29) is 0 Å². The van der Waals surface area contributed by atoms with Crippen LogP contribution in [0.3, 0.4) is 0 Å². The van der Waals surface area contributed by atoms with Crippen molar-refractivity contribution in [1.82, 2.24) is 4.98 Å². The predicted molar refractivity (Wildman–Crippen MR) is 64.1 cm³/mol. The molecule has 2 aromatic rings. The highest BCUT2D eigenvalue weighted by atomic mass is 16.3. The summed E-state index contributed by atoms with van der Waals surface area (Å²) in [5, 5.41) is 10.1. The number of benzene rings is 1. The average molecular weight is 213 g/mol. The lowest BCUT2D eigenvalue weighted by Crippen LogP contribution is -2.01. The number of aliphatic hydroxyl groups is 1. The first-order chi connectivity index (χ1) is 7.81. The zero-order chi connectivity index (χ0) is 11.4. The van der Waals surface area contributed by atoms with Gasteiger partial charge < -0.3 is 5.11 Å². The van der Waals surface area contributed by atoms with Gasteiger partial charge in [0.15, 0.2) is 0 Å². The fraction of sp³-hybridized carbons (Fsp3) is 0.214. The highest BCUT2D eigenvalue weighted by Crippen LogP contribution is 2.20. The van der Waals surface area contributed by atoms with Gasteiger partial charge in [-0.05, 0) is 29.7 Å². The van der Waals surface area contributed by atoms with Gasteiger partial charge in [-0.2, -0.15) is 0 Å². The van der Waals surface area contributed by atoms with Gasteiger partial charge >= 0.3 is 0 Å². The number of rotatable bonds is 3. The van der Waals surface area contributed by atoms with E-state index in [2.05, 4.69) is 11.9 Å². The molecule has 1 aromatic carbocycles. The van der Waals surface area contributed by atoms with E-state index in [0.29, 0.717) is 5.69 Å². The number of aromatic nitrogens is 1. The van der Waals surface area contributed by atoms with Crippen molar-refractivity contribution in [3.63, 3.8) is 0 Å². The Labute approximate surface area is 95.6 Å². The molecular weight excluding hydrogens is 198 g/mol. The molecule has 0 radical (unpaired) electrons. The first-order valence-electron chi connectivity index (χ1n) is 5.49. The third kappa shape index (κ3) is 2.28. The lowest BCUT2D eigenvalue weighted by atomic mass is 10.0. The summed E-state index contributed by atoms with van der Waals surface area (Å²) in [6.45, 7) is 2.12. The van der Waals surface area contributed by atoms with Crippen LogP contribution in [0.15, 0.2) is 48.7 Å². The summed E-state index contributed by atoms with van der Waals surface area (Å²) in [4.78, 5) is 4.15. The van der Waals surface area contributed by atoms with Crippen LogP contribution in [0.1, 0.15) is 29.8 Å². The van der Waals surface area contributed by atoms with Gasteiger partial charge in [0.05, 0.1) is 5.69 Å². The molecule has 1 heterocycles. The average Bonchev–Trinajstić information content (AvgIpc) is 2.39. The van der Waals surface area contributed by atoms with Crippen molar-refractivity contribution in [2.24, 2.45) is 0 Å². The number of hydrogen-bond donors (Lipinski definition) is 1. The number of nitrogens with zero attached hydrogens (tertiary/aromatic N) is 1. The first kappa shape index (κ1) is 10.8. The van der Waals surface area contributed by atoms with Gasteiger partial charge in [-0.3, -0.25) is 4.98 Å². The van der Waals surface area contributed by atoms with E-state index >= 15 is 0 Å². The van der Waals surface area contributed by atoms with Crippen LogP contribution in [-0.4, -0.2) is 10.1 Å². The number of hydrogen-bond acceptors (Lipinski definition) is 2. The molecule has 1 aromatic heterocycles. The summed E-state index contributed by atoms with van der Waals surface area (Å²) >= 11 is 0. The Morgan fingerprint density at radius 1 is 1.12 bits per heavy atom. The Balaban J connectivity index is 2.24. The Bertz CT molecular complexity index is 436. The quantitative estimate of drug-likeness (QED) is 0.850. The molecule has 0 aliphatic heterocycles. The Hall–Kier alpha value is -1.67. The van der Waals surface area contributed by atoms with Crippen LogP contribution in [0.2, 0.25) is 0 Å². The molecule has 16 heavy (non-hydrogen) atoms. The zero-order valence-corrected chi connectivity index (χ0v) is 9.30. The van der Waals surface area contributed by atoms with Crippen molar-refractivity contribution in [2.75, 3.05) is 0 Å². The maximum atomic E-state index is 10.1. The van der Waals surface area contributed by atoms with Crippen LogP contribution < -0.4 is 0 Å². The maximum Gasteiger partial charge on any atom is 0.121 e. The molecule has 0 spiro atoms. The zero-order valence-electron chi connectivity index (χ0n) is 9.30. The second-order valence-corrected chi connectivity index (χ2v) is 3.75. The lowest BCUT2D eigenvalue weighted by molar-refractivity contribution is 0.215. The van der Waals surface area contributed by atoms with E-state index in [0.717, 1.165) is 12.0 Å². The van der Waals surface area contributed by atoms with Gasteiger partial charge in [-0.15, -0.1) is 0 Å². The van der Waals surface area contributed by atoms with Crippen molar-refractivity contribution >= 4 is 0 Å². The third-order valence-corrected chi connectivity index (χ3v) is 2.67. The molecular formula is C14H15NO. The van der Waals surface area contributed by atoms with Crippen LogP contribution in [0.5, 0.6) is 0 Å². The van der Waals surface area contributed by atoms with Crippen LogP contribution in [0, 0.1) is 0 Å². The van der Waals surface area contributed by atoms with Crippen molar-refractivity contribution in [1.29, 1.82) is 0 Å². The third-order valence-electron chi connectivity index (χ3n) is 2.67. The topological polar surface area (TPSA) is 33.1 Å². The normalized spacial score (nSPS) is 12.4. The van der Waals surface area contributed by atoms with Crippen LogP contribution in [0.4, 0.5) is 0 Å². The van der Waals surface area contributed by atoms with Gasteiger partial charge in [0.2, 0.25) is 0 Å². The summed E-state index contributed by atoms with van der Waals surface area (Å²) < 4.78 is 0. The minimum atomic E-state index is -0.632. The van der Waals surface area contributed by atoms with Crippen LogP contribution >= 0.6 is 0 Å². The SMILES string of the molecule is CCc1ccc(C(O)c2ccccn2)cc1. The molecule has 2 rings (SSSR count). The standard InChI is InChI=1S/C14H15NO/c1-2-11-6-8-12(9-7-11)14(16)13-5-3-4-10-15-13/h3-10,14,16H,2H2,1H3. The molecule has 1 unspecified atom stereocenters. The minimum Gasteiger partial charge on any atom is -0.382 e. The summed E-state index contributed by atoms with van der Waals surface area (Å²) in [5.41, 5.74) is 2.85. The van der Waals surface area contributed by atoms with E-state index in [1.807, 2.05) is 42.5 Å². The van der Waals surface area contributed by atoms with Crippen molar-refractivity contribution in [2.45, 2.75) is 19.4 Å². The smallest absolute Gasteiger partial charge is 0.121 e. The molecule has 1 N–H and O–H groups in total. The monoisotopic (exact) mass is 213 g/mol. The van der Waals surface area contributed by atoms with Crippen molar-refractivity contribution in [3.8, 4) is 0 Å². The Kier molecular flexibility index (Phi) is 3.32. The van der Waals surface area contributed by atoms with E-state index < -0.39 is 6.10 Å². The largest absolute Gasteiger partial charge is 0.382 e. The highest BCUT2D eigenvalue weighted by Gasteiger charge is 2.10.